The Morgan fingerprint density at radius 3 is 2.65 bits per heavy atom. The molecule has 1 aliphatic carbocycles. The summed E-state index contributed by atoms with van der Waals surface area (Å²) in [5.41, 5.74) is 6.37. The maximum absolute atomic E-state index is 6.37. The number of halogens is 1. The normalized spacial score (nSPS) is 28.1. The highest BCUT2D eigenvalue weighted by Crippen LogP contribution is 2.41. The van der Waals surface area contributed by atoms with Gasteiger partial charge in [0.05, 0.1) is 6.04 Å². The number of hydrogen-bond acceptors (Lipinski definition) is 3. The lowest BCUT2D eigenvalue weighted by molar-refractivity contribution is 0.122. The Morgan fingerprint density at radius 2 is 2.05 bits per heavy atom. The van der Waals surface area contributed by atoms with Crippen molar-refractivity contribution >= 4 is 27.3 Å². The van der Waals surface area contributed by atoms with Crippen LogP contribution in [0.15, 0.2) is 15.9 Å². The Kier molecular flexibility index (Phi) is 4.86. The Hall–Kier alpha value is 0.1000. The first-order valence-corrected chi connectivity index (χ1v) is 9.59. The average molecular weight is 357 g/mol. The fourth-order valence-electron chi connectivity index (χ4n) is 4.22. The quantitative estimate of drug-likeness (QED) is 0.856. The van der Waals surface area contributed by atoms with Crippen LogP contribution in [0.5, 0.6) is 0 Å². The second-order valence-corrected chi connectivity index (χ2v) is 8.32. The summed E-state index contributed by atoms with van der Waals surface area (Å²) < 4.78 is 1.19. The van der Waals surface area contributed by atoms with Gasteiger partial charge >= 0.3 is 0 Å². The molecule has 3 atom stereocenters. The Bertz CT molecular complexity index is 439. The van der Waals surface area contributed by atoms with Crippen LogP contribution in [-0.4, -0.2) is 23.5 Å². The summed E-state index contributed by atoms with van der Waals surface area (Å²) in [7, 11) is 0. The van der Waals surface area contributed by atoms with Gasteiger partial charge in [-0.05, 0) is 67.1 Å². The molecule has 2 fully saturated rings. The van der Waals surface area contributed by atoms with E-state index in [1.54, 1.807) is 0 Å². The third kappa shape index (κ3) is 2.99. The molecule has 1 aliphatic heterocycles. The van der Waals surface area contributed by atoms with Gasteiger partial charge in [-0.3, -0.25) is 4.90 Å². The molecule has 2 heterocycles. The summed E-state index contributed by atoms with van der Waals surface area (Å²) in [4.78, 5) is 4.16. The summed E-state index contributed by atoms with van der Waals surface area (Å²) in [6.07, 6.45) is 8.45. The predicted octanol–water partition coefficient (Wildman–Crippen LogP) is 4.55. The molecule has 0 bridgehead atoms. The minimum atomic E-state index is 0.197. The van der Waals surface area contributed by atoms with E-state index in [4.69, 9.17) is 5.73 Å². The van der Waals surface area contributed by atoms with Crippen LogP contribution in [0.1, 0.15) is 56.4 Å². The molecule has 0 spiro atoms. The minimum absolute atomic E-state index is 0.197. The zero-order valence-corrected chi connectivity index (χ0v) is 14.6. The molecule has 3 rings (SSSR count). The lowest BCUT2D eigenvalue weighted by atomic mass is 9.94. The summed E-state index contributed by atoms with van der Waals surface area (Å²) >= 11 is 5.44. The molecular formula is C16H25BrN2S. The SMILES string of the molecule is CC(N)C(c1cc(Br)cs1)N1CCCC1C1CCCC1. The van der Waals surface area contributed by atoms with Crippen LogP contribution in [0.3, 0.4) is 0 Å². The van der Waals surface area contributed by atoms with Gasteiger partial charge in [0.1, 0.15) is 0 Å². The van der Waals surface area contributed by atoms with E-state index in [0.29, 0.717) is 6.04 Å². The van der Waals surface area contributed by atoms with E-state index in [1.807, 2.05) is 11.3 Å². The van der Waals surface area contributed by atoms with Gasteiger partial charge in [0.2, 0.25) is 0 Å². The molecule has 0 aromatic carbocycles. The second-order valence-electron chi connectivity index (χ2n) is 6.46. The summed E-state index contributed by atoms with van der Waals surface area (Å²) in [5, 5.41) is 2.19. The number of nitrogens with zero attached hydrogens (tertiary/aromatic N) is 1. The maximum atomic E-state index is 6.37. The van der Waals surface area contributed by atoms with Crippen molar-refractivity contribution in [3.05, 3.63) is 20.8 Å². The molecule has 2 nitrogen and oxygen atoms in total. The topological polar surface area (TPSA) is 29.3 Å². The lowest BCUT2D eigenvalue weighted by Gasteiger charge is -2.37. The van der Waals surface area contributed by atoms with Crippen LogP contribution in [0.25, 0.3) is 0 Å². The molecule has 112 valence electrons. The average Bonchev–Trinajstić information content (AvgIpc) is 3.10. The van der Waals surface area contributed by atoms with Crippen LogP contribution in [-0.2, 0) is 0 Å². The number of thiophene rings is 1. The lowest BCUT2D eigenvalue weighted by Crippen LogP contribution is -2.44. The second kappa shape index (κ2) is 6.47. The Morgan fingerprint density at radius 1 is 1.30 bits per heavy atom. The number of likely N-dealkylation sites (tertiary alicyclic amines) is 1. The van der Waals surface area contributed by atoms with Gasteiger partial charge in [0.15, 0.2) is 0 Å². The highest BCUT2D eigenvalue weighted by atomic mass is 79.9. The highest BCUT2D eigenvalue weighted by Gasteiger charge is 2.38. The Labute approximate surface area is 134 Å². The molecule has 1 saturated carbocycles. The van der Waals surface area contributed by atoms with Crippen molar-refractivity contribution in [3.8, 4) is 0 Å². The van der Waals surface area contributed by atoms with Crippen LogP contribution in [0, 0.1) is 5.92 Å². The van der Waals surface area contributed by atoms with Crippen molar-refractivity contribution in [3.63, 3.8) is 0 Å². The van der Waals surface area contributed by atoms with Gasteiger partial charge in [-0.25, -0.2) is 0 Å². The minimum Gasteiger partial charge on any atom is -0.326 e. The van der Waals surface area contributed by atoms with Crippen molar-refractivity contribution in [2.45, 2.75) is 63.6 Å². The standard InChI is InChI=1S/C16H25BrN2S/c1-11(18)16(15-9-13(17)10-20-15)19-8-4-7-14(19)12-5-2-3-6-12/h9-12,14,16H,2-8,18H2,1H3. The van der Waals surface area contributed by atoms with E-state index in [1.165, 1.54) is 54.4 Å². The van der Waals surface area contributed by atoms with Crippen molar-refractivity contribution in [2.24, 2.45) is 11.7 Å². The molecule has 20 heavy (non-hydrogen) atoms. The number of nitrogens with two attached hydrogens (primary N) is 1. The van der Waals surface area contributed by atoms with Crippen LogP contribution in [0.4, 0.5) is 0 Å². The molecule has 3 unspecified atom stereocenters. The first-order chi connectivity index (χ1) is 9.66. The third-order valence-corrected chi connectivity index (χ3v) is 6.78. The molecule has 4 heteroatoms. The molecular weight excluding hydrogens is 332 g/mol. The predicted molar refractivity (Wildman–Crippen MR) is 90.1 cm³/mol. The maximum Gasteiger partial charge on any atom is 0.0593 e. The van der Waals surface area contributed by atoms with E-state index in [9.17, 15) is 0 Å². The number of hydrogen-bond donors (Lipinski definition) is 1. The van der Waals surface area contributed by atoms with Gasteiger partial charge in [-0.15, -0.1) is 11.3 Å². The molecule has 0 radical (unpaired) electrons. The summed E-state index contributed by atoms with van der Waals surface area (Å²) in [6, 6.07) is 3.64. The van der Waals surface area contributed by atoms with Gasteiger partial charge in [-0.1, -0.05) is 12.8 Å². The number of rotatable bonds is 4. The molecule has 1 aromatic heterocycles. The van der Waals surface area contributed by atoms with Gasteiger partial charge in [-0.2, -0.15) is 0 Å². The van der Waals surface area contributed by atoms with Gasteiger partial charge in [0, 0.05) is 26.8 Å². The van der Waals surface area contributed by atoms with Crippen LogP contribution >= 0.6 is 27.3 Å². The monoisotopic (exact) mass is 356 g/mol. The van der Waals surface area contributed by atoms with E-state index in [-0.39, 0.29) is 6.04 Å². The molecule has 0 amide bonds. The Balaban J connectivity index is 1.82. The molecule has 2 N–H and O–H groups in total. The molecule has 1 saturated heterocycles. The molecule has 2 aliphatic rings. The van der Waals surface area contributed by atoms with E-state index < -0.39 is 0 Å². The van der Waals surface area contributed by atoms with Crippen LogP contribution < -0.4 is 5.73 Å². The zero-order valence-electron chi connectivity index (χ0n) is 12.2. The first kappa shape index (κ1) is 15.0. The van der Waals surface area contributed by atoms with E-state index in [2.05, 4.69) is 39.2 Å². The smallest absolute Gasteiger partial charge is 0.0593 e. The van der Waals surface area contributed by atoms with Crippen molar-refractivity contribution in [1.29, 1.82) is 0 Å². The van der Waals surface area contributed by atoms with Crippen molar-refractivity contribution < 1.29 is 0 Å². The largest absolute Gasteiger partial charge is 0.326 e. The fraction of sp³-hybridized carbons (Fsp3) is 0.750. The van der Waals surface area contributed by atoms with Crippen LogP contribution in [0.2, 0.25) is 0 Å². The summed E-state index contributed by atoms with van der Waals surface area (Å²) in [5.74, 6) is 0.919. The summed E-state index contributed by atoms with van der Waals surface area (Å²) in [6.45, 7) is 3.39. The molecule has 1 aromatic rings. The van der Waals surface area contributed by atoms with E-state index >= 15 is 0 Å². The fourth-order valence-corrected chi connectivity index (χ4v) is 5.90. The van der Waals surface area contributed by atoms with Crippen molar-refractivity contribution in [2.75, 3.05) is 6.54 Å². The van der Waals surface area contributed by atoms with Gasteiger partial charge in [0.25, 0.3) is 0 Å². The first-order valence-electron chi connectivity index (χ1n) is 7.92. The third-order valence-electron chi connectivity index (χ3n) is 5.02. The van der Waals surface area contributed by atoms with Crippen molar-refractivity contribution in [1.82, 2.24) is 4.90 Å². The van der Waals surface area contributed by atoms with Gasteiger partial charge < -0.3 is 5.73 Å². The zero-order chi connectivity index (χ0) is 14.1. The highest BCUT2D eigenvalue weighted by molar-refractivity contribution is 9.10. The van der Waals surface area contributed by atoms with E-state index in [0.717, 1.165) is 12.0 Å².